The van der Waals surface area contributed by atoms with Crippen molar-refractivity contribution in [3.05, 3.63) is 17.7 Å². The third kappa shape index (κ3) is 3.39. The van der Waals surface area contributed by atoms with Crippen LogP contribution in [0.25, 0.3) is 0 Å². The fraction of sp³-hybridized carbons (Fsp3) is 0.385. The zero-order valence-electron chi connectivity index (χ0n) is 10.7. The van der Waals surface area contributed by atoms with Crippen molar-refractivity contribution < 1.29 is 14.3 Å². The Morgan fingerprint density at radius 1 is 1.33 bits per heavy atom. The maximum absolute atomic E-state index is 11.6. The van der Waals surface area contributed by atoms with Crippen LogP contribution < -0.4 is 14.8 Å². The van der Waals surface area contributed by atoms with Crippen molar-refractivity contribution in [2.24, 2.45) is 0 Å². The summed E-state index contributed by atoms with van der Waals surface area (Å²) in [5.41, 5.74) is 1.47. The van der Waals surface area contributed by atoms with Crippen molar-refractivity contribution in [1.82, 2.24) is 0 Å². The van der Waals surface area contributed by atoms with Gasteiger partial charge < -0.3 is 14.8 Å². The molecule has 0 spiro atoms. The fourth-order valence-electron chi connectivity index (χ4n) is 1.53. The molecule has 0 aliphatic carbocycles. The second-order valence-electron chi connectivity index (χ2n) is 3.73. The van der Waals surface area contributed by atoms with E-state index in [4.69, 9.17) is 14.7 Å². The molecule has 0 saturated carbocycles. The lowest BCUT2D eigenvalue weighted by Crippen LogP contribution is -2.12. The number of nitrogens with one attached hydrogen (secondary N) is 1. The predicted octanol–water partition coefficient (Wildman–Crippen LogP) is 2.25. The average molecular weight is 248 g/mol. The first kappa shape index (κ1) is 13.8. The molecule has 96 valence electrons. The summed E-state index contributed by atoms with van der Waals surface area (Å²) in [4.78, 5) is 11.6. The predicted molar refractivity (Wildman–Crippen MR) is 67.8 cm³/mol. The van der Waals surface area contributed by atoms with E-state index in [1.165, 1.54) is 7.11 Å². The first-order chi connectivity index (χ1) is 8.62. The Kier molecular flexibility index (Phi) is 5.00. The van der Waals surface area contributed by atoms with Crippen molar-refractivity contribution in [1.29, 1.82) is 5.26 Å². The van der Waals surface area contributed by atoms with Gasteiger partial charge in [-0.3, -0.25) is 4.79 Å². The summed E-state index contributed by atoms with van der Waals surface area (Å²) in [6, 6.07) is 5.43. The Morgan fingerprint density at radius 2 is 2.00 bits per heavy atom. The van der Waals surface area contributed by atoms with Crippen LogP contribution in [0, 0.1) is 18.3 Å². The molecule has 5 nitrogen and oxygen atoms in total. The molecule has 1 rings (SSSR count). The fourth-order valence-corrected chi connectivity index (χ4v) is 1.53. The van der Waals surface area contributed by atoms with Gasteiger partial charge in [0.1, 0.15) is 11.5 Å². The highest BCUT2D eigenvalue weighted by molar-refractivity contribution is 5.92. The highest BCUT2D eigenvalue weighted by atomic mass is 16.5. The van der Waals surface area contributed by atoms with Gasteiger partial charge in [0, 0.05) is 18.9 Å². The zero-order valence-corrected chi connectivity index (χ0v) is 10.7. The van der Waals surface area contributed by atoms with Gasteiger partial charge in [-0.2, -0.15) is 5.26 Å². The molecule has 5 heteroatoms. The summed E-state index contributed by atoms with van der Waals surface area (Å²) in [6.45, 7) is 1.89. The molecule has 1 aromatic carbocycles. The van der Waals surface area contributed by atoms with E-state index in [9.17, 15) is 4.79 Å². The van der Waals surface area contributed by atoms with Crippen LogP contribution in [0.3, 0.4) is 0 Å². The Labute approximate surface area is 106 Å². The number of rotatable bonds is 5. The summed E-state index contributed by atoms with van der Waals surface area (Å²) in [5, 5.41) is 11.1. The standard InChI is InChI=1S/C13H16N2O3/c1-9-7-12(18-3)10(8-11(9)17-2)15-13(16)5-4-6-14/h7-8H,4-5H2,1-3H3,(H,15,16). The van der Waals surface area contributed by atoms with E-state index < -0.39 is 0 Å². The molecular formula is C13H16N2O3. The number of hydrogen-bond donors (Lipinski definition) is 1. The van der Waals surface area contributed by atoms with E-state index in [2.05, 4.69) is 5.32 Å². The molecule has 1 N–H and O–H groups in total. The first-order valence-corrected chi connectivity index (χ1v) is 5.51. The second kappa shape index (κ2) is 6.50. The van der Waals surface area contributed by atoms with Gasteiger partial charge in [-0.25, -0.2) is 0 Å². The Balaban J connectivity index is 2.93. The summed E-state index contributed by atoms with van der Waals surface area (Å²) < 4.78 is 10.4. The SMILES string of the molecule is COc1cc(NC(=O)CCC#N)c(OC)cc1C. The van der Waals surface area contributed by atoms with Gasteiger partial charge in [0.2, 0.25) is 5.91 Å². The van der Waals surface area contributed by atoms with Crippen LogP contribution in [0.4, 0.5) is 5.69 Å². The molecule has 0 saturated heterocycles. The molecule has 0 atom stereocenters. The maximum Gasteiger partial charge on any atom is 0.225 e. The number of carbonyl (C=O) groups is 1. The Morgan fingerprint density at radius 3 is 2.56 bits per heavy atom. The number of hydrogen-bond acceptors (Lipinski definition) is 4. The van der Waals surface area contributed by atoms with Crippen LogP contribution in [0.15, 0.2) is 12.1 Å². The molecule has 0 radical (unpaired) electrons. The highest BCUT2D eigenvalue weighted by Gasteiger charge is 2.11. The molecule has 18 heavy (non-hydrogen) atoms. The lowest BCUT2D eigenvalue weighted by atomic mass is 10.1. The van der Waals surface area contributed by atoms with Crippen LogP contribution in [0.2, 0.25) is 0 Å². The molecule has 0 heterocycles. The van der Waals surface area contributed by atoms with Gasteiger partial charge in [0.05, 0.1) is 26.0 Å². The number of amides is 1. The highest BCUT2D eigenvalue weighted by Crippen LogP contribution is 2.32. The second-order valence-corrected chi connectivity index (χ2v) is 3.73. The van der Waals surface area contributed by atoms with Gasteiger partial charge in [0.15, 0.2) is 0 Å². The van der Waals surface area contributed by atoms with Crippen molar-refractivity contribution in [3.63, 3.8) is 0 Å². The molecule has 0 bridgehead atoms. The molecule has 1 aromatic rings. The quantitative estimate of drug-likeness (QED) is 0.867. The van der Waals surface area contributed by atoms with Crippen molar-refractivity contribution >= 4 is 11.6 Å². The number of methoxy groups -OCH3 is 2. The smallest absolute Gasteiger partial charge is 0.225 e. The maximum atomic E-state index is 11.6. The summed E-state index contributed by atoms with van der Waals surface area (Å²) in [6.07, 6.45) is 0.354. The van der Waals surface area contributed by atoms with Gasteiger partial charge in [-0.05, 0) is 18.6 Å². The summed E-state index contributed by atoms with van der Waals surface area (Å²) in [5.74, 6) is 1.02. The van der Waals surface area contributed by atoms with Gasteiger partial charge in [-0.1, -0.05) is 0 Å². The molecule has 0 fully saturated rings. The van der Waals surface area contributed by atoms with Crippen molar-refractivity contribution in [3.8, 4) is 17.6 Å². The molecule has 0 unspecified atom stereocenters. The van der Waals surface area contributed by atoms with Crippen LogP contribution in [-0.4, -0.2) is 20.1 Å². The van der Waals surface area contributed by atoms with E-state index in [0.717, 1.165) is 5.56 Å². The van der Waals surface area contributed by atoms with Gasteiger partial charge in [0.25, 0.3) is 0 Å². The summed E-state index contributed by atoms with van der Waals surface area (Å²) >= 11 is 0. The van der Waals surface area contributed by atoms with Crippen molar-refractivity contribution in [2.75, 3.05) is 19.5 Å². The third-order valence-corrected chi connectivity index (χ3v) is 2.45. The Hall–Kier alpha value is -2.22. The minimum absolute atomic E-state index is 0.163. The van der Waals surface area contributed by atoms with Gasteiger partial charge >= 0.3 is 0 Å². The molecular weight excluding hydrogens is 232 g/mol. The van der Waals surface area contributed by atoms with Crippen LogP contribution in [-0.2, 0) is 4.79 Å². The van der Waals surface area contributed by atoms with E-state index in [1.807, 2.05) is 13.0 Å². The molecule has 0 aliphatic heterocycles. The third-order valence-electron chi connectivity index (χ3n) is 2.45. The van der Waals surface area contributed by atoms with Crippen molar-refractivity contribution in [2.45, 2.75) is 19.8 Å². The van der Waals surface area contributed by atoms with E-state index >= 15 is 0 Å². The van der Waals surface area contributed by atoms with Crippen LogP contribution in [0.5, 0.6) is 11.5 Å². The number of anilines is 1. The van der Waals surface area contributed by atoms with Crippen LogP contribution in [0.1, 0.15) is 18.4 Å². The van der Waals surface area contributed by atoms with Crippen LogP contribution >= 0.6 is 0 Å². The Bertz CT molecular complexity index is 478. The number of nitrogens with zero attached hydrogens (tertiary/aromatic N) is 1. The monoisotopic (exact) mass is 248 g/mol. The zero-order chi connectivity index (χ0) is 13.5. The number of nitriles is 1. The normalized spacial score (nSPS) is 9.44. The number of carbonyl (C=O) groups excluding carboxylic acids is 1. The van der Waals surface area contributed by atoms with E-state index in [-0.39, 0.29) is 18.7 Å². The average Bonchev–Trinajstić information content (AvgIpc) is 2.37. The number of ether oxygens (including phenoxy) is 2. The lowest BCUT2D eigenvalue weighted by Gasteiger charge is -2.13. The minimum Gasteiger partial charge on any atom is -0.496 e. The largest absolute Gasteiger partial charge is 0.496 e. The topological polar surface area (TPSA) is 71.3 Å². The number of aryl methyl sites for hydroxylation is 1. The first-order valence-electron chi connectivity index (χ1n) is 5.51. The minimum atomic E-state index is -0.222. The summed E-state index contributed by atoms with van der Waals surface area (Å²) in [7, 11) is 3.10. The lowest BCUT2D eigenvalue weighted by molar-refractivity contribution is -0.116. The number of benzene rings is 1. The molecule has 1 amide bonds. The van der Waals surface area contributed by atoms with E-state index in [0.29, 0.717) is 17.2 Å². The molecule has 0 aromatic heterocycles. The van der Waals surface area contributed by atoms with Gasteiger partial charge in [-0.15, -0.1) is 0 Å². The van der Waals surface area contributed by atoms with E-state index in [1.54, 1.807) is 19.2 Å². The molecule has 0 aliphatic rings.